The summed E-state index contributed by atoms with van der Waals surface area (Å²) in [4.78, 5) is 0. The van der Waals surface area contributed by atoms with Crippen LogP contribution in [0.3, 0.4) is 0 Å². The highest BCUT2D eigenvalue weighted by atomic mass is 35.9. The minimum Gasteiger partial charge on any atom is -0.179 e. The Balaban J connectivity index is 3.25. The summed E-state index contributed by atoms with van der Waals surface area (Å²) >= 11 is 23.2. The molecule has 0 aromatic heterocycles. The monoisotopic (exact) mass is 304 g/mol. The zero-order valence-corrected chi connectivity index (χ0v) is 11.6. The predicted octanol–water partition coefficient (Wildman–Crippen LogP) is 6.45. The van der Waals surface area contributed by atoms with Crippen LogP contribution in [0.25, 0.3) is 0 Å². The Labute approximate surface area is 91.0 Å². The molecule has 0 saturated carbocycles. The molecule has 0 fully saturated rings. The third-order valence-electron chi connectivity index (χ3n) is 0.920. The zero-order valence-electron chi connectivity index (χ0n) is 5.90. The molecule has 1 unspecified atom stereocenters. The Morgan fingerprint density at radius 3 is 2.17 bits per heavy atom. The second kappa shape index (κ2) is 4.07. The Kier molecular flexibility index (Phi) is 4.00. The molecule has 3 nitrogen and oxygen atoms in total. The summed E-state index contributed by atoms with van der Waals surface area (Å²) in [5.41, 5.74) is 0. The van der Waals surface area contributed by atoms with Gasteiger partial charge in [-0.2, -0.15) is 4.52 Å². The predicted molar refractivity (Wildman–Crippen MR) is 62.0 cm³/mol. The first kappa shape index (κ1) is 11.8. The van der Waals surface area contributed by atoms with Gasteiger partial charge in [0.05, 0.1) is 0 Å². The molecule has 70 valence electrons. The fraction of sp³-hybridized carbons (Fsp3) is 1.00. The summed E-state index contributed by atoms with van der Waals surface area (Å²) in [6.45, 7) is 1.94. The highest BCUT2D eigenvalue weighted by Crippen LogP contribution is 2.81. The van der Waals surface area contributed by atoms with Crippen LogP contribution in [0.5, 0.6) is 0 Å². The molecule has 1 heterocycles. The van der Waals surface area contributed by atoms with Crippen molar-refractivity contribution in [2.24, 2.45) is 13.5 Å². The van der Waals surface area contributed by atoms with Gasteiger partial charge in [-0.3, -0.25) is 0 Å². The van der Waals surface area contributed by atoms with Crippen LogP contribution in [0.15, 0.2) is 13.5 Å². The smallest absolute Gasteiger partial charge is 0.179 e. The third-order valence-corrected chi connectivity index (χ3v) is 11.4. The molecule has 0 radical (unpaired) electrons. The molecular weight excluding hydrogens is 301 g/mol. The summed E-state index contributed by atoms with van der Waals surface area (Å²) in [6, 6.07) is 0. The van der Waals surface area contributed by atoms with Crippen molar-refractivity contribution in [2.45, 2.75) is 6.92 Å². The summed E-state index contributed by atoms with van der Waals surface area (Å²) < 4.78 is 11.9. The summed E-state index contributed by atoms with van der Waals surface area (Å²) in [6.07, 6.45) is 0.757. The van der Waals surface area contributed by atoms with E-state index in [2.05, 4.69) is 13.5 Å². The Bertz CT molecular complexity index is 315. The second-order valence-corrected chi connectivity index (χ2v) is 13.9. The van der Waals surface area contributed by atoms with E-state index in [4.69, 9.17) is 45.0 Å². The van der Waals surface area contributed by atoms with Crippen molar-refractivity contribution in [1.82, 2.24) is 0 Å². The first-order valence-corrected chi connectivity index (χ1v) is 11.3. The highest BCUT2D eigenvalue weighted by Gasteiger charge is 2.32. The maximum Gasteiger partial charge on any atom is 0.356 e. The molecule has 0 aromatic carbocycles. The van der Waals surface area contributed by atoms with Crippen LogP contribution in [0, 0.1) is 0 Å². The molecule has 0 N–H and O–H groups in total. The van der Waals surface area contributed by atoms with Crippen LogP contribution in [0.1, 0.15) is 6.92 Å². The first-order chi connectivity index (χ1) is 5.35. The average molecular weight is 306 g/mol. The van der Waals surface area contributed by atoms with Gasteiger partial charge < -0.3 is 0 Å². The normalized spacial score (nSPS) is 28.2. The van der Waals surface area contributed by atoms with Crippen molar-refractivity contribution >= 4 is 64.6 Å². The van der Waals surface area contributed by atoms with Crippen LogP contribution in [0.2, 0.25) is 0 Å². The lowest BCUT2D eigenvalue weighted by Crippen LogP contribution is -1.66. The van der Waals surface area contributed by atoms with Gasteiger partial charge in [0.25, 0.3) is 0 Å². The van der Waals surface area contributed by atoms with Crippen LogP contribution in [0.4, 0.5) is 0 Å². The molecule has 0 spiro atoms. The SMILES string of the molecule is CC[P+]1=NP(Cl)(Cl)=NP(Cl)(Cl)=N1. The lowest BCUT2D eigenvalue weighted by molar-refractivity contribution is 1.48. The van der Waals surface area contributed by atoms with E-state index in [1.807, 2.05) is 6.92 Å². The zero-order chi connectivity index (χ0) is 9.41. The van der Waals surface area contributed by atoms with Gasteiger partial charge in [0, 0.05) is 0 Å². The van der Waals surface area contributed by atoms with E-state index in [0.29, 0.717) is 0 Å². The van der Waals surface area contributed by atoms with Crippen LogP contribution >= 0.6 is 64.6 Å². The molecule has 0 amide bonds. The lowest BCUT2D eigenvalue weighted by Gasteiger charge is -2.05. The Morgan fingerprint density at radius 2 is 1.75 bits per heavy atom. The van der Waals surface area contributed by atoms with E-state index < -0.39 is 19.7 Å². The van der Waals surface area contributed by atoms with E-state index in [9.17, 15) is 0 Å². The summed E-state index contributed by atoms with van der Waals surface area (Å²) in [5, 5.41) is 0. The van der Waals surface area contributed by atoms with Crippen molar-refractivity contribution < 1.29 is 0 Å². The minimum atomic E-state index is -2.62. The minimum absolute atomic E-state index is 0.757. The van der Waals surface area contributed by atoms with E-state index in [1.54, 1.807) is 0 Å². The molecule has 1 aliphatic heterocycles. The molecule has 1 rings (SSSR count). The molecule has 0 aromatic rings. The van der Waals surface area contributed by atoms with Gasteiger partial charge >= 0.3 is 19.7 Å². The molecule has 0 aliphatic carbocycles. The largest absolute Gasteiger partial charge is 0.356 e. The molecule has 0 bridgehead atoms. The van der Waals surface area contributed by atoms with Crippen molar-refractivity contribution in [1.29, 1.82) is 0 Å². The molecular formula is C2H5Cl4N3P3+. The van der Waals surface area contributed by atoms with Crippen molar-refractivity contribution in [3.05, 3.63) is 0 Å². The maximum atomic E-state index is 5.79. The number of halogens is 4. The number of hydrogen-bond donors (Lipinski definition) is 0. The van der Waals surface area contributed by atoms with Gasteiger partial charge in [-0.05, 0) is 60.9 Å². The number of rotatable bonds is 1. The van der Waals surface area contributed by atoms with Crippen molar-refractivity contribution in [3.63, 3.8) is 0 Å². The number of nitrogens with zero attached hydrogens (tertiary/aromatic N) is 3. The Hall–Kier alpha value is 1.72. The van der Waals surface area contributed by atoms with Gasteiger partial charge in [0.2, 0.25) is 0 Å². The molecule has 0 saturated heterocycles. The Morgan fingerprint density at radius 1 is 1.17 bits per heavy atom. The van der Waals surface area contributed by atoms with Crippen LogP contribution in [-0.2, 0) is 0 Å². The molecule has 1 atom stereocenters. The van der Waals surface area contributed by atoms with Gasteiger partial charge in [0.1, 0.15) is 0 Å². The lowest BCUT2D eigenvalue weighted by atomic mass is 11.0. The fourth-order valence-corrected chi connectivity index (χ4v) is 13.6. The summed E-state index contributed by atoms with van der Waals surface area (Å²) in [5.74, 6) is -5.23. The van der Waals surface area contributed by atoms with E-state index >= 15 is 0 Å². The quantitative estimate of drug-likeness (QED) is 0.499. The van der Waals surface area contributed by atoms with E-state index in [1.165, 1.54) is 0 Å². The second-order valence-electron chi connectivity index (χ2n) is 1.87. The number of hydrogen-bond acceptors (Lipinski definition) is 3. The highest BCUT2D eigenvalue weighted by molar-refractivity contribution is 8.20. The molecule has 1 aliphatic rings. The maximum absolute atomic E-state index is 5.79. The topological polar surface area (TPSA) is 37.1 Å². The van der Waals surface area contributed by atoms with Crippen LogP contribution < -0.4 is 0 Å². The van der Waals surface area contributed by atoms with Gasteiger partial charge in [-0.15, -0.1) is 0 Å². The van der Waals surface area contributed by atoms with E-state index in [-0.39, 0.29) is 0 Å². The van der Waals surface area contributed by atoms with Gasteiger partial charge in [0.15, 0.2) is 6.16 Å². The fourth-order valence-electron chi connectivity index (χ4n) is 0.558. The summed E-state index contributed by atoms with van der Waals surface area (Å²) in [7, 11) is -0.918. The molecule has 10 heteroatoms. The molecule has 12 heavy (non-hydrogen) atoms. The van der Waals surface area contributed by atoms with Gasteiger partial charge in [-0.25, -0.2) is 0 Å². The van der Waals surface area contributed by atoms with Crippen LogP contribution in [-0.4, -0.2) is 6.16 Å². The van der Waals surface area contributed by atoms with E-state index in [0.717, 1.165) is 6.16 Å². The van der Waals surface area contributed by atoms with Gasteiger partial charge in [-0.1, -0.05) is 0 Å². The first-order valence-electron chi connectivity index (χ1n) is 2.90. The third kappa shape index (κ3) is 3.46. The van der Waals surface area contributed by atoms with Crippen molar-refractivity contribution in [2.75, 3.05) is 6.16 Å². The standard InChI is InChI=1S/C2H5Cl4N3P3/c1-2-10-7-11(3,4)9-12(5,6)8-10/h2H2,1H3/q+1. The average Bonchev–Trinajstić information content (AvgIpc) is 1.80. The van der Waals surface area contributed by atoms with Crippen molar-refractivity contribution in [3.8, 4) is 0 Å².